The first kappa shape index (κ1) is 31.1. The van der Waals surface area contributed by atoms with Crippen LogP contribution in [0.15, 0.2) is 42.7 Å². The van der Waals surface area contributed by atoms with Gasteiger partial charge in [-0.05, 0) is 108 Å². The van der Waals surface area contributed by atoms with E-state index in [0.29, 0.717) is 29.8 Å². The number of ether oxygens (including phenoxy) is 2. The number of piperidine rings is 2. The highest BCUT2D eigenvalue weighted by Crippen LogP contribution is 2.32. The normalized spacial score (nSPS) is 19.7. The van der Waals surface area contributed by atoms with Gasteiger partial charge in [-0.2, -0.15) is 10.2 Å². The molecule has 3 aromatic rings. The lowest BCUT2D eigenvalue weighted by atomic mass is 9.87. The minimum Gasteiger partial charge on any atom is -0.486 e. The fourth-order valence-electron chi connectivity index (χ4n) is 5.69. The molecule has 5 rings (SSSR count). The average molecular weight is 602 g/mol. The number of hydrogen-bond donors (Lipinski definition) is 1. The van der Waals surface area contributed by atoms with Crippen LogP contribution in [0.2, 0.25) is 0 Å². The number of nitrogens with one attached hydrogen (secondary N) is 1. The highest BCUT2D eigenvalue weighted by molar-refractivity contribution is 5.68. The third-order valence-electron chi connectivity index (χ3n) is 8.03. The molecule has 2 saturated heterocycles. The minimum atomic E-state index is -1.43. The van der Waals surface area contributed by atoms with E-state index in [0.717, 1.165) is 31.6 Å². The van der Waals surface area contributed by atoms with Gasteiger partial charge >= 0.3 is 6.09 Å². The summed E-state index contributed by atoms with van der Waals surface area (Å²) in [5.74, 6) is 1.62. The van der Waals surface area contributed by atoms with Crippen LogP contribution in [0.3, 0.4) is 0 Å². The molecule has 10 nitrogen and oxygen atoms in total. The molecule has 2 aliphatic heterocycles. The van der Waals surface area contributed by atoms with Gasteiger partial charge in [-0.25, -0.2) is 19.2 Å². The SMILES string of the molecule is Cc1cc(Nc2ncnc(-c3ccc(O[C@H]4CCN(C(=O)OC(C)(C)C)CC4F)c(C#N)c3)n2)ccc1C1CCN(C)CC1. The lowest BCUT2D eigenvalue weighted by Crippen LogP contribution is -2.50. The highest BCUT2D eigenvalue weighted by atomic mass is 19.1. The zero-order chi connectivity index (χ0) is 31.4. The zero-order valence-corrected chi connectivity index (χ0v) is 26.0. The molecule has 2 aliphatic rings. The number of aryl methyl sites for hydroxylation is 1. The molecule has 2 fully saturated rings. The van der Waals surface area contributed by atoms with E-state index in [1.54, 1.807) is 39.0 Å². The van der Waals surface area contributed by atoms with E-state index >= 15 is 4.39 Å². The van der Waals surface area contributed by atoms with Crippen LogP contribution in [0, 0.1) is 18.3 Å². The number of hydrogen-bond acceptors (Lipinski definition) is 9. The molecule has 0 bridgehead atoms. The summed E-state index contributed by atoms with van der Waals surface area (Å²) in [4.78, 5) is 29.2. The van der Waals surface area contributed by atoms with Crippen molar-refractivity contribution in [3.05, 3.63) is 59.4 Å². The Labute approximate surface area is 258 Å². The number of benzene rings is 2. The largest absolute Gasteiger partial charge is 0.486 e. The second kappa shape index (κ2) is 13.1. The summed E-state index contributed by atoms with van der Waals surface area (Å²) in [6, 6.07) is 13.5. The second-order valence-electron chi connectivity index (χ2n) is 12.6. The van der Waals surface area contributed by atoms with Gasteiger partial charge < -0.3 is 24.6 Å². The number of anilines is 2. The zero-order valence-electron chi connectivity index (χ0n) is 26.0. The van der Waals surface area contributed by atoms with Crippen LogP contribution < -0.4 is 10.1 Å². The summed E-state index contributed by atoms with van der Waals surface area (Å²) in [6.07, 6.45) is 1.25. The van der Waals surface area contributed by atoms with Gasteiger partial charge in [0.2, 0.25) is 5.95 Å². The molecule has 1 unspecified atom stereocenters. The van der Waals surface area contributed by atoms with Crippen molar-refractivity contribution >= 4 is 17.7 Å². The molecular weight excluding hydrogens is 561 g/mol. The number of amides is 1. The molecule has 0 aliphatic carbocycles. The maximum atomic E-state index is 15.0. The van der Waals surface area contributed by atoms with Gasteiger partial charge in [-0.3, -0.25) is 0 Å². The topological polar surface area (TPSA) is 116 Å². The molecule has 1 N–H and O–H groups in total. The fourth-order valence-corrected chi connectivity index (χ4v) is 5.69. The number of halogens is 1. The molecule has 11 heteroatoms. The second-order valence-corrected chi connectivity index (χ2v) is 12.6. The van der Waals surface area contributed by atoms with Crippen molar-refractivity contribution in [2.45, 2.75) is 70.8 Å². The van der Waals surface area contributed by atoms with Crippen LogP contribution in [-0.2, 0) is 4.74 Å². The Kier molecular flexibility index (Phi) is 9.30. The van der Waals surface area contributed by atoms with Gasteiger partial charge in [0.25, 0.3) is 0 Å². The van der Waals surface area contributed by atoms with E-state index in [1.165, 1.54) is 22.4 Å². The molecule has 0 saturated carbocycles. The van der Waals surface area contributed by atoms with E-state index in [-0.39, 0.29) is 24.3 Å². The van der Waals surface area contributed by atoms with E-state index in [9.17, 15) is 10.1 Å². The number of rotatable bonds is 6. The number of nitrogens with zero attached hydrogens (tertiary/aromatic N) is 6. The number of likely N-dealkylation sites (tertiary alicyclic amines) is 2. The fraction of sp³-hybridized carbons (Fsp3) is 0.485. The summed E-state index contributed by atoms with van der Waals surface area (Å²) < 4.78 is 26.3. The maximum absolute atomic E-state index is 15.0. The molecule has 3 heterocycles. The van der Waals surface area contributed by atoms with Crippen molar-refractivity contribution in [1.29, 1.82) is 5.26 Å². The molecule has 2 atom stereocenters. The third kappa shape index (κ3) is 7.61. The van der Waals surface area contributed by atoms with E-state index < -0.39 is 24.0 Å². The Morgan fingerprint density at radius 1 is 1.09 bits per heavy atom. The molecule has 1 amide bonds. The van der Waals surface area contributed by atoms with Crippen molar-refractivity contribution in [2.24, 2.45) is 0 Å². The number of carbonyl (C=O) groups excluding carboxylic acids is 1. The monoisotopic (exact) mass is 601 g/mol. The van der Waals surface area contributed by atoms with Crippen LogP contribution in [0.1, 0.15) is 62.6 Å². The lowest BCUT2D eigenvalue weighted by molar-refractivity contribution is -0.0106. The van der Waals surface area contributed by atoms with Crippen LogP contribution in [0.4, 0.5) is 20.8 Å². The standard InChI is InChI=1S/C33H40FN7O3/c1-21-16-25(7-8-26(21)22-10-13-40(5)14-11-22)38-31-37-20-36-30(39-31)23-6-9-28(24(17-23)18-35)43-29-12-15-41(19-27(29)34)32(42)44-33(2,3)4/h6-9,16-17,20,22,27,29H,10-15,19H2,1-5H3,(H,36,37,38,39)/t27?,29-/m0/s1. The van der Waals surface area contributed by atoms with Gasteiger partial charge in [0.1, 0.15) is 29.9 Å². The first-order valence-corrected chi connectivity index (χ1v) is 15.1. The van der Waals surface area contributed by atoms with Gasteiger partial charge in [-0.1, -0.05) is 6.07 Å². The van der Waals surface area contributed by atoms with Crippen molar-refractivity contribution in [1.82, 2.24) is 24.8 Å². The van der Waals surface area contributed by atoms with Gasteiger partial charge in [-0.15, -0.1) is 0 Å². The summed E-state index contributed by atoms with van der Waals surface area (Å²) in [6.45, 7) is 9.83. The highest BCUT2D eigenvalue weighted by Gasteiger charge is 2.35. The van der Waals surface area contributed by atoms with Gasteiger partial charge in [0, 0.05) is 24.2 Å². The van der Waals surface area contributed by atoms with Crippen LogP contribution in [0.25, 0.3) is 11.4 Å². The Balaban J connectivity index is 1.24. The Bertz CT molecular complexity index is 1530. The molecule has 2 aromatic carbocycles. The number of carbonyl (C=O) groups is 1. The van der Waals surface area contributed by atoms with Crippen molar-refractivity contribution in [3.63, 3.8) is 0 Å². The molecule has 1 aromatic heterocycles. The first-order chi connectivity index (χ1) is 21.0. The summed E-state index contributed by atoms with van der Waals surface area (Å²) >= 11 is 0. The maximum Gasteiger partial charge on any atom is 0.410 e. The summed E-state index contributed by atoms with van der Waals surface area (Å²) in [5.41, 5.74) is 3.68. The third-order valence-corrected chi connectivity index (χ3v) is 8.03. The van der Waals surface area contributed by atoms with Crippen molar-refractivity contribution < 1.29 is 18.7 Å². The van der Waals surface area contributed by atoms with Gasteiger partial charge in [0.15, 0.2) is 12.0 Å². The minimum absolute atomic E-state index is 0.138. The number of alkyl halides is 1. The molecular formula is C33H40FN7O3. The summed E-state index contributed by atoms with van der Waals surface area (Å²) in [7, 11) is 2.17. The van der Waals surface area contributed by atoms with Crippen LogP contribution >= 0.6 is 0 Å². The predicted molar refractivity (Wildman–Crippen MR) is 166 cm³/mol. The van der Waals surface area contributed by atoms with E-state index in [4.69, 9.17) is 9.47 Å². The van der Waals surface area contributed by atoms with Gasteiger partial charge in [0.05, 0.1) is 12.1 Å². The smallest absolute Gasteiger partial charge is 0.410 e. The first-order valence-electron chi connectivity index (χ1n) is 15.1. The van der Waals surface area contributed by atoms with E-state index in [1.807, 2.05) is 0 Å². The van der Waals surface area contributed by atoms with Crippen molar-refractivity contribution in [2.75, 3.05) is 38.5 Å². The Morgan fingerprint density at radius 3 is 2.55 bits per heavy atom. The molecule has 0 spiro atoms. The average Bonchev–Trinajstić information content (AvgIpc) is 2.98. The van der Waals surface area contributed by atoms with Crippen LogP contribution in [-0.4, -0.2) is 81.9 Å². The van der Waals surface area contributed by atoms with E-state index in [2.05, 4.69) is 63.4 Å². The van der Waals surface area contributed by atoms with Crippen LogP contribution in [0.5, 0.6) is 5.75 Å². The Morgan fingerprint density at radius 2 is 1.86 bits per heavy atom. The molecule has 0 radical (unpaired) electrons. The number of aromatic nitrogens is 3. The lowest BCUT2D eigenvalue weighted by Gasteiger charge is -2.35. The molecule has 44 heavy (non-hydrogen) atoms. The van der Waals surface area contributed by atoms with Crippen molar-refractivity contribution in [3.8, 4) is 23.2 Å². The summed E-state index contributed by atoms with van der Waals surface area (Å²) in [5, 5.41) is 13.1. The molecule has 232 valence electrons. The Hall–Kier alpha value is -4.30. The number of nitriles is 1. The predicted octanol–water partition coefficient (Wildman–Crippen LogP) is 6.00. The quantitative estimate of drug-likeness (QED) is 0.363.